The quantitative estimate of drug-likeness (QED) is 0.360. The van der Waals surface area contributed by atoms with Crippen molar-refractivity contribution in [3.8, 4) is 5.69 Å². The fourth-order valence-electron chi connectivity index (χ4n) is 3.92. The topological polar surface area (TPSA) is 54.3 Å². The van der Waals surface area contributed by atoms with E-state index in [2.05, 4.69) is 29.8 Å². The van der Waals surface area contributed by atoms with Crippen molar-refractivity contribution in [2.24, 2.45) is 0 Å². The van der Waals surface area contributed by atoms with Crippen LogP contribution in [0.4, 0.5) is 10.1 Å². The van der Waals surface area contributed by atoms with Gasteiger partial charge in [-0.05, 0) is 99.1 Å². The first kappa shape index (κ1) is 21.6. The summed E-state index contributed by atoms with van der Waals surface area (Å²) in [5.41, 5.74) is 6.39. The van der Waals surface area contributed by atoms with Gasteiger partial charge in [-0.3, -0.25) is 19.8 Å². The molecule has 0 atom stereocenters. The monoisotopic (exact) mass is 447 g/mol. The number of thiocarbonyl (C=S) groups is 1. The van der Waals surface area contributed by atoms with Gasteiger partial charge in [0.1, 0.15) is 11.4 Å². The molecule has 1 N–H and O–H groups in total. The van der Waals surface area contributed by atoms with Crippen molar-refractivity contribution in [1.29, 1.82) is 0 Å². The molecule has 2 aromatic carbocycles. The first-order valence-corrected chi connectivity index (χ1v) is 10.5. The van der Waals surface area contributed by atoms with Gasteiger partial charge in [0, 0.05) is 17.1 Å². The van der Waals surface area contributed by atoms with Gasteiger partial charge in [0.25, 0.3) is 11.8 Å². The van der Waals surface area contributed by atoms with Gasteiger partial charge in [-0.2, -0.15) is 0 Å². The molecule has 0 unspecified atom stereocenters. The summed E-state index contributed by atoms with van der Waals surface area (Å²) >= 11 is 5.20. The Morgan fingerprint density at radius 3 is 2.38 bits per heavy atom. The average Bonchev–Trinajstić information content (AvgIpc) is 3.01. The Labute approximate surface area is 191 Å². The van der Waals surface area contributed by atoms with E-state index < -0.39 is 17.6 Å². The number of nitrogens with zero attached hydrogens (tertiary/aromatic N) is 2. The molecular weight excluding hydrogens is 425 g/mol. The van der Waals surface area contributed by atoms with Crippen molar-refractivity contribution in [3.05, 3.63) is 88.0 Å². The predicted molar refractivity (Wildman–Crippen MR) is 127 cm³/mol. The molecule has 162 valence electrons. The number of carbonyl (C=O) groups is 2. The van der Waals surface area contributed by atoms with E-state index in [-0.39, 0.29) is 10.7 Å². The van der Waals surface area contributed by atoms with Crippen LogP contribution in [0.2, 0.25) is 0 Å². The van der Waals surface area contributed by atoms with Gasteiger partial charge in [0.15, 0.2) is 5.11 Å². The van der Waals surface area contributed by atoms with Crippen LogP contribution in [0.15, 0.2) is 54.1 Å². The molecule has 2 amide bonds. The highest BCUT2D eigenvalue weighted by Crippen LogP contribution is 2.28. The second kappa shape index (κ2) is 8.16. The molecule has 0 spiro atoms. The molecule has 1 aliphatic heterocycles. The number of hydrogen-bond donors (Lipinski definition) is 1. The Bertz CT molecular complexity index is 1310. The van der Waals surface area contributed by atoms with Gasteiger partial charge >= 0.3 is 0 Å². The standard InChI is InChI=1S/C25H22FN3O2S/c1-14-6-5-7-22(16(14)3)28-15(2)12-18(17(28)4)13-21-23(30)27-25(32)29(24(21)31)20-10-8-19(26)9-11-20/h5-13H,1-4H3,(H,27,30,32). The number of carbonyl (C=O) groups excluding carboxylic acids is 2. The third-order valence-electron chi connectivity index (χ3n) is 5.77. The summed E-state index contributed by atoms with van der Waals surface area (Å²) in [7, 11) is 0. The molecular formula is C25H22FN3O2S. The summed E-state index contributed by atoms with van der Waals surface area (Å²) in [6.07, 6.45) is 1.58. The zero-order chi connectivity index (χ0) is 23.2. The molecule has 0 aliphatic carbocycles. The van der Waals surface area contributed by atoms with Crippen molar-refractivity contribution >= 4 is 40.9 Å². The molecule has 0 bridgehead atoms. The summed E-state index contributed by atoms with van der Waals surface area (Å²) in [5.74, 6) is -1.54. The molecule has 0 saturated carbocycles. The number of hydrogen-bond acceptors (Lipinski definition) is 3. The third kappa shape index (κ3) is 3.65. The zero-order valence-corrected chi connectivity index (χ0v) is 19.0. The van der Waals surface area contributed by atoms with E-state index in [1.54, 1.807) is 6.08 Å². The maximum absolute atomic E-state index is 13.3. The van der Waals surface area contributed by atoms with E-state index in [1.807, 2.05) is 32.0 Å². The van der Waals surface area contributed by atoms with E-state index in [9.17, 15) is 14.0 Å². The van der Waals surface area contributed by atoms with E-state index >= 15 is 0 Å². The number of anilines is 1. The summed E-state index contributed by atoms with van der Waals surface area (Å²) in [6.45, 7) is 8.07. The summed E-state index contributed by atoms with van der Waals surface area (Å²) in [6, 6.07) is 13.4. The highest BCUT2D eigenvalue weighted by molar-refractivity contribution is 7.80. The number of benzene rings is 2. The lowest BCUT2D eigenvalue weighted by Crippen LogP contribution is -2.54. The predicted octanol–water partition coefficient (Wildman–Crippen LogP) is 4.68. The van der Waals surface area contributed by atoms with Crippen LogP contribution in [0.3, 0.4) is 0 Å². The van der Waals surface area contributed by atoms with E-state index in [0.717, 1.165) is 28.2 Å². The highest BCUT2D eigenvalue weighted by atomic mass is 32.1. The van der Waals surface area contributed by atoms with Crippen molar-refractivity contribution < 1.29 is 14.0 Å². The minimum absolute atomic E-state index is 0.0374. The van der Waals surface area contributed by atoms with Crippen molar-refractivity contribution in [1.82, 2.24) is 9.88 Å². The molecule has 1 saturated heterocycles. The largest absolute Gasteiger partial charge is 0.318 e. The van der Waals surface area contributed by atoms with Crippen LogP contribution in [0, 0.1) is 33.5 Å². The zero-order valence-electron chi connectivity index (χ0n) is 18.2. The number of nitrogens with one attached hydrogen (secondary N) is 1. The van der Waals surface area contributed by atoms with Crippen molar-refractivity contribution in [3.63, 3.8) is 0 Å². The van der Waals surface area contributed by atoms with Gasteiger partial charge < -0.3 is 4.57 Å². The van der Waals surface area contributed by atoms with Gasteiger partial charge in [-0.15, -0.1) is 0 Å². The van der Waals surface area contributed by atoms with Crippen molar-refractivity contribution in [2.75, 3.05) is 4.90 Å². The number of aryl methyl sites for hydroxylation is 2. The lowest BCUT2D eigenvalue weighted by molar-refractivity contribution is -0.122. The van der Waals surface area contributed by atoms with Gasteiger partial charge in [0.05, 0.1) is 5.69 Å². The van der Waals surface area contributed by atoms with Crippen LogP contribution >= 0.6 is 12.2 Å². The number of halogens is 1. The fraction of sp³-hybridized carbons (Fsp3) is 0.160. The highest BCUT2D eigenvalue weighted by Gasteiger charge is 2.34. The Morgan fingerprint density at radius 1 is 1.00 bits per heavy atom. The molecule has 0 radical (unpaired) electrons. The molecule has 1 aromatic heterocycles. The van der Waals surface area contributed by atoms with Crippen LogP contribution in [0.25, 0.3) is 11.8 Å². The lowest BCUT2D eigenvalue weighted by atomic mass is 10.1. The minimum Gasteiger partial charge on any atom is -0.318 e. The number of rotatable bonds is 3. The van der Waals surface area contributed by atoms with Crippen LogP contribution in [0.5, 0.6) is 0 Å². The molecule has 5 nitrogen and oxygen atoms in total. The average molecular weight is 448 g/mol. The molecule has 7 heteroatoms. The fourth-order valence-corrected chi connectivity index (χ4v) is 4.20. The van der Waals surface area contributed by atoms with Gasteiger partial charge in [-0.1, -0.05) is 12.1 Å². The summed E-state index contributed by atoms with van der Waals surface area (Å²) < 4.78 is 15.4. The minimum atomic E-state index is -0.560. The Balaban J connectivity index is 1.78. The van der Waals surface area contributed by atoms with E-state index in [0.29, 0.717) is 5.69 Å². The van der Waals surface area contributed by atoms with Crippen molar-refractivity contribution in [2.45, 2.75) is 27.7 Å². The second-order valence-corrected chi connectivity index (χ2v) is 8.20. The first-order valence-electron chi connectivity index (χ1n) is 10.1. The molecule has 4 rings (SSSR count). The summed E-state index contributed by atoms with van der Waals surface area (Å²) in [5, 5.41) is 2.52. The maximum atomic E-state index is 13.3. The molecule has 1 aliphatic rings. The maximum Gasteiger partial charge on any atom is 0.270 e. The normalized spacial score (nSPS) is 15.5. The molecule has 3 aromatic rings. The van der Waals surface area contributed by atoms with E-state index in [4.69, 9.17) is 12.2 Å². The summed E-state index contributed by atoms with van der Waals surface area (Å²) in [4.78, 5) is 27.1. The molecule has 32 heavy (non-hydrogen) atoms. The van der Waals surface area contributed by atoms with E-state index in [1.165, 1.54) is 34.7 Å². The molecule has 1 fully saturated rings. The van der Waals surface area contributed by atoms with Gasteiger partial charge in [-0.25, -0.2) is 4.39 Å². The SMILES string of the molecule is Cc1cccc(-n2c(C)cc(C=C3C(=O)NC(=S)N(c4ccc(F)cc4)C3=O)c2C)c1C. The third-order valence-corrected chi connectivity index (χ3v) is 6.06. The second-order valence-electron chi connectivity index (χ2n) is 7.82. The Kier molecular flexibility index (Phi) is 5.52. The van der Waals surface area contributed by atoms with Crippen LogP contribution in [-0.4, -0.2) is 21.5 Å². The molecule has 2 heterocycles. The lowest BCUT2D eigenvalue weighted by Gasteiger charge is -2.28. The Morgan fingerprint density at radius 2 is 1.69 bits per heavy atom. The first-order chi connectivity index (χ1) is 15.2. The smallest absolute Gasteiger partial charge is 0.270 e. The van der Waals surface area contributed by atoms with Crippen LogP contribution in [0.1, 0.15) is 28.1 Å². The number of aromatic nitrogens is 1. The number of amides is 2. The van der Waals surface area contributed by atoms with Crippen LogP contribution in [-0.2, 0) is 9.59 Å². The van der Waals surface area contributed by atoms with Gasteiger partial charge in [0.2, 0.25) is 0 Å². The van der Waals surface area contributed by atoms with Crippen LogP contribution < -0.4 is 10.2 Å². The Hall–Kier alpha value is -3.58.